The Bertz CT molecular complexity index is 1340. The van der Waals surface area contributed by atoms with Gasteiger partial charge in [-0.1, -0.05) is 17.4 Å². The van der Waals surface area contributed by atoms with Crippen LogP contribution in [0.4, 0.5) is 5.13 Å². The van der Waals surface area contributed by atoms with E-state index in [1.807, 2.05) is 0 Å². The molecular weight excluding hydrogens is 460 g/mol. The van der Waals surface area contributed by atoms with Crippen molar-refractivity contribution in [1.82, 2.24) is 14.0 Å². The van der Waals surface area contributed by atoms with Crippen molar-refractivity contribution in [3.63, 3.8) is 0 Å². The minimum absolute atomic E-state index is 0.0283. The highest BCUT2D eigenvalue weighted by atomic mass is 32.2. The fourth-order valence-electron chi connectivity index (χ4n) is 2.54. The molecule has 164 valence electrons. The van der Waals surface area contributed by atoms with Crippen LogP contribution in [-0.4, -0.2) is 52.7 Å². The van der Waals surface area contributed by atoms with Crippen molar-refractivity contribution in [3.8, 4) is 0 Å². The zero-order chi connectivity index (χ0) is 22.8. The lowest BCUT2D eigenvalue weighted by atomic mass is 10.2. The molecule has 0 spiro atoms. The number of aromatic nitrogens is 1. The fraction of sp³-hybridized carbons (Fsp3) is 0.158. The van der Waals surface area contributed by atoms with E-state index in [1.54, 1.807) is 6.07 Å². The molecule has 9 nitrogen and oxygen atoms in total. The Kier molecular flexibility index (Phi) is 6.57. The van der Waals surface area contributed by atoms with Gasteiger partial charge in [0.25, 0.3) is 5.91 Å². The molecule has 0 unspecified atom stereocenters. The summed E-state index contributed by atoms with van der Waals surface area (Å²) in [5.74, 6) is -0.469. The first-order valence-corrected chi connectivity index (χ1v) is 12.6. The number of benzene rings is 2. The van der Waals surface area contributed by atoms with Gasteiger partial charge in [0, 0.05) is 26.2 Å². The number of hydrogen-bond acceptors (Lipinski definition) is 7. The monoisotopic (exact) mass is 480 g/mol. The van der Waals surface area contributed by atoms with E-state index in [2.05, 4.69) is 21.6 Å². The zero-order valence-corrected chi connectivity index (χ0v) is 19.1. The van der Waals surface area contributed by atoms with Crippen LogP contribution in [0, 0.1) is 0 Å². The molecule has 0 atom stereocenters. The third-order valence-electron chi connectivity index (χ3n) is 4.20. The van der Waals surface area contributed by atoms with Gasteiger partial charge in [-0.2, -0.15) is 0 Å². The molecule has 0 bridgehead atoms. The van der Waals surface area contributed by atoms with Crippen LogP contribution in [-0.2, 0) is 20.0 Å². The molecule has 2 aromatic carbocycles. The number of hydrogen-bond donors (Lipinski definition) is 2. The van der Waals surface area contributed by atoms with Crippen LogP contribution in [0.5, 0.6) is 0 Å². The van der Waals surface area contributed by atoms with Gasteiger partial charge in [-0.05, 0) is 42.5 Å². The predicted octanol–water partition coefficient (Wildman–Crippen LogP) is 2.26. The Morgan fingerprint density at radius 1 is 1.10 bits per heavy atom. The Labute approximate surface area is 184 Å². The standard InChI is InChI=1S/C19H20N4O5S3/c1-4-11-20-30(25,26)14-7-5-13(6-8-14)18(24)22-19-21-16-10-9-15(12-17(16)29-19)31(27,28)23(2)3/h4-10,12,20H,1,11H2,2-3H3,(H,21,22,24). The fourth-order valence-corrected chi connectivity index (χ4v) is 5.44. The number of anilines is 1. The molecule has 0 aliphatic rings. The first-order chi connectivity index (χ1) is 14.5. The van der Waals surface area contributed by atoms with E-state index in [4.69, 9.17) is 0 Å². The maximum Gasteiger partial charge on any atom is 0.257 e. The number of fused-ring (bicyclic) bond motifs is 1. The quantitative estimate of drug-likeness (QED) is 0.477. The van der Waals surface area contributed by atoms with Crippen molar-refractivity contribution < 1.29 is 21.6 Å². The molecule has 0 aliphatic heterocycles. The predicted molar refractivity (Wildman–Crippen MR) is 120 cm³/mol. The molecule has 31 heavy (non-hydrogen) atoms. The lowest BCUT2D eigenvalue weighted by Crippen LogP contribution is -2.23. The lowest BCUT2D eigenvalue weighted by molar-refractivity contribution is 0.102. The van der Waals surface area contributed by atoms with Gasteiger partial charge in [-0.3, -0.25) is 10.1 Å². The molecule has 12 heteroatoms. The van der Waals surface area contributed by atoms with E-state index in [1.165, 1.54) is 56.6 Å². The third-order valence-corrected chi connectivity index (χ3v) is 8.39. The highest BCUT2D eigenvalue weighted by molar-refractivity contribution is 7.89. The summed E-state index contributed by atoms with van der Waals surface area (Å²) < 4.78 is 52.8. The average Bonchev–Trinajstić information content (AvgIpc) is 3.13. The second kappa shape index (κ2) is 8.85. The number of rotatable bonds is 8. The molecule has 0 aliphatic carbocycles. The normalized spacial score (nSPS) is 12.2. The summed E-state index contributed by atoms with van der Waals surface area (Å²) in [5, 5.41) is 2.95. The van der Waals surface area contributed by atoms with Crippen molar-refractivity contribution >= 4 is 52.6 Å². The number of carbonyl (C=O) groups excluding carboxylic acids is 1. The molecule has 3 aromatic rings. The number of sulfonamides is 2. The molecule has 0 fully saturated rings. The Hall–Kier alpha value is -2.64. The third kappa shape index (κ3) is 4.99. The first kappa shape index (κ1) is 23.0. The molecule has 2 N–H and O–H groups in total. The summed E-state index contributed by atoms with van der Waals surface area (Å²) >= 11 is 1.14. The number of amides is 1. The minimum Gasteiger partial charge on any atom is -0.298 e. The first-order valence-electron chi connectivity index (χ1n) is 8.90. The lowest BCUT2D eigenvalue weighted by Gasteiger charge is -2.10. The van der Waals surface area contributed by atoms with Crippen LogP contribution in [0.2, 0.25) is 0 Å². The molecule has 0 radical (unpaired) electrons. The molecule has 1 amide bonds. The van der Waals surface area contributed by atoms with Crippen molar-refractivity contribution in [2.75, 3.05) is 26.0 Å². The van der Waals surface area contributed by atoms with Crippen molar-refractivity contribution in [2.24, 2.45) is 0 Å². The van der Waals surface area contributed by atoms with E-state index >= 15 is 0 Å². The molecule has 0 saturated heterocycles. The van der Waals surface area contributed by atoms with Crippen LogP contribution in [0.25, 0.3) is 10.2 Å². The van der Waals surface area contributed by atoms with Gasteiger partial charge in [0.15, 0.2) is 5.13 Å². The average molecular weight is 481 g/mol. The molecular formula is C19H20N4O5S3. The topological polar surface area (TPSA) is 126 Å². The molecule has 3 rings (SSSR count). The maximum absolute atomic E-state index is 12.5. The summed E-state index contributed by atoms with van der Waals surface area (Å²) in [6, 6.07) is 10.00. The summed E-state index contributed by atoms with van der Waals surface area (Å²) in [6.07, 6.45) is 1.43. The SMILES string of the molecule is C=CCNS(=O)(=O)c1ccc(C(=O)Nc2nc3ccc(S(=O)(=O)N(C)C)cc3s2)cc1. The van der Waals surface area contributed by atoms with Crippen molar-refractivity contribution in [2.45, 2.75) is 9.79 Å². The summed E-state index contributed by atoms with van der Waals surface area (Å²) in [5.41, 5.74) is 0.797. The van der Waals surface area contributed by atoms with Crippen LogP contribution in [0.1, 0.15) is 10.4 Å². The van der Waals surface area contributed by atoms with E-state index < -0.39 is 26.0 Å². The number of nitrogens with zero attached hydrogens (tertiary/aromatic N) is 2. The zero-order valence-electron chi connectivity index (χ0n) is 16.7. The van der Waals surface area contributed by atoms with E-state index in [0.29, 0.717) is 15.3 Å². The van der Waals surface area contributed by atoms with E-state index in [0.717, 1.165) is 15.6 Å². The molecule has 1 aromatic heterocycles. The van der Waals surface area contributed by atoms with Crippen LogP contribution < -0.4 is 10.0 Å². The van der Waals surface area contributed by atoms with Gasteiger partial charge in [-0.25, -0.2) is 30.8 Å². The van der Waals surface area contributed by atoms with Gasteiger partial charge < -0.3 is 0 Å². The van der Waals surface area contributed by atoms with Crippen LogP contribution >= 0.6 is 11.3 Å². The van der Waals surface area contributed by atoms with Gasteiger partial charge in [0.1, 0.15) is 0 Å². The second-order valence-corrected chi connectivity index (χ2v) is 11.5. The molecule has 0 saturated carbocycles. The minimum atomic E-state index is -3.68. The van der Waals surface area contributed by atoms with Gasteiger partial charge >= 0.3 is 0 Å². The smallest absolute Gasteiger partial charge is 0.257 e. The van der Waals surface area contributed by atoms with Gasteiger partial charge in [0.05, 0.1) is 20.0 Å². The highest BCUT2D eigenvalue weighted by Crippen LogP contribution is 2.29. The maximum atomic E-state index is 12.5. The Morgan fingerprint density at radius 2 is 1.74 bits per heavy atom. The molecule has 1 heterocycles. The van der Waals surface area contributed by atoms with Crippen LogP contribution in [0.3, 0.4) is 0 Å². The van der Waals surface area contributed by atoms with E-state index in [-0.39, 0.29) is 21.9 Å². The van der Waals surface area contributed by atoms with E-state index in [9.17, 15) is 21.6 Å². The van der Waals surface area contributed by atoms with Crippen LogP contribution in [0.15, 0.2) is 64.9 Å². The number of thiazole rings is 1. The summed E-state index contributed by atoms with van der Waals surface area (Å²) in [7, 11) is -4.36. The van der Waals surface area contributed by atoms with Crippen molar-refractivity contribution in [1.29, 1.82) is 0 Å². The van der Waals surface area contributed by atoms with Gasteiger partial charge in [-0.15, -0.1) is 6.58 Å². The Balaban J connectivity index is 1.79. The van der Waals surface area contributed by atoms with Gasteiger partial charge in [0.2, 0.25) is 20.0 Å². The summed E-state index contributed by atoms with van der Waals surface area (Å²) in [6.45, 7) is 3.55. The summed E-state index contributed by atoms with van der Waals surface area (Å²) in [4.78, 5) is 17.0. The Morgan fingerprint density at radius 3 is 2.35 bits per heavy atom. The largest absolute Gasteiger partial charge is 0.298 e. The number of carbonyl (C=O) groups is 1. The number of nitrogens with one attached hydrogen (secondary N) is 2. The highest BCUT2D eigenvalue weighted by Gasteiger charge is 2.19. The van der Waals surface area contributed by atoms with Crippen molar-refractivity contribution in [3.05, 3.63) is 60.7 Å². The second-order valence-electron chi connectivity index (χ2n) is 6.56.